The standard InChI is InChI=1S/C23H30N2O3/c1-5-14-24-23(27)18(3)25(16-20-8-6-17(2)7-9-20)22(26)15-19-10-12-21(28-4)13-11-19/h6-13,18H,5,14-16H2,1-4H3,(H,24,27)/t18-/m0/s1. The van der Waals surface area contributed by atoms with Crippen molar-refractivity contribution in [3.8, 4) is 5.75 Å². The first-order valence-electron chi connectivity index (χ1n) is 9.70. The summed E-state index contributed by atoms with van der Waals surface area (Å²) in [6.07, 6.45) is 1.09. The summed E-state index contributed by atoms with van der Waals surface area (Å²) >= 11 is 0. The lowest BCUT2D eigenvalue weighted by molar-refractivity contribution is -0.140. The molecule has 0 radical (unpaired) electrons. The summed E-state index contributed by atoms with van der Waals surface area (Å²) in [5, 5.41) is 2.89. The molecule has 0 spiro atoms. The van der Waals surface area contributed by atoms with Gasteiger partial charge in [0.05, 0.1) is 13.5 Å². The van der Waals surface area contributed by atoms with Crippen molar-refractivity contribution in [3.63, 3.8) is 0 Å². The van der Waals surface area contributed by atoms with Gasteiger partial charge in [0.1, 0.15) is 11.8 Å². The van der Waals surface area contributed by atoms with Crippen LogP contribution in [-0.2, 0) is 22.6 Å². The molecule has 5 heteroatoms. The number of benzene rings is 2. The zero-order valence-electron chi connectivity index (χ0n) is 17.2. The number of methoxy groups -OCH3 is 1. The molecule has 2 rings (SSSR count). The van der Waals surface area contributed by atoms with Crippen LogP contribution in [0.15, 0.2) is 48.5 Å². The maximum Gasteiger partial charge on any atom is 0.242 e. The third kappa shape index (κ3) is 6.12. The van der Waals surface area contributed by atoms with Gasteiger partial charge in [-0.05, 0) is 43.5 Å². The molecule has 5 nitrogen and oxygen atoms in total. The number of carbonyl (C=O) groups excluding carboxylic acids is 2. The number of ether oxygens (including phenoxy) is 1. The van der Waals surface area contributed by atoms with Crippen molar-refractivity contribution in [1.29, 1.82) is 0 Å². The Morgan fingerprint density at radius 1 is 1.04 bits per heavy atom. The van der Waals surface area contributed by atoms with Crippen LogP contribution >= 0.6 is 0 Å². The van der Waals surface area contributed by atoms with E-state index < -0.39 is 6.04 Å². The van der Waals surface area contributed by atoms with E-state index in [0.717, 1.165) is 28.9 Å². The van der Waals surface area contributed by atoms with Crippen molar-refractivity contribution in [2.45, 2.75) is 46.2 Å². The van der Waals surface area contributed by atoms with Crippen LogP contribution in [0.5, 0.6) is 5.75 Å². The summed E-state index contributed by atoms with van der Waals surface area (Å²) in [5.41, 5.74) is 3.05. The van der Waals surface area contributed by atoms with Gasteiger partial charge in [0, 0.05) is 13.1 Å². The van der Waals surface area contributed by atoms with Gasteiger partial charge in [-0.25, -0.2) is 0 Å². The van der Waals surface area contributed by atoms with Gasteiger partial charge in [-0.15, -0.1) is 0 Å². The Morgan fingerprint density at radius 3 is 2.21 bits per heavy atom. The highest BCUT2D eigenvalue weighted by atomic mass is 16.5. The number of nitrogens with zero attached hydrogens (tertiary/aromatic N) is 1. The van der Waals surface area contributed by atoms with Crippen LogP contribution in [0.2, 0.25) is 0 Å². The predicted octanol–water partition coefficient (Wildman–Crippen LogP) is 3.49. The number of nitrogens with one attached hydrogen (secondary N) is 1. The molecule has 1 atom stereocenters. The van der Waals surface area contributed by atoms with E-state index in [2.05, 4.69) is 5.32 Å². The van der Waals surface area contributed by atoms with Crippen LogP contribution in [0.25, 0.3) is 0 Å². The Kier molecular flexibility index (Phi) is 8.05. The molecule has 2 aromatic carbocycles. The van der Waals surface area contributed by atoms with E-state index >= 15 is 0 Å². The highest BCUT2D eigenvalue weighted by Crippen LogP contribution is 2.16. The fraction of sp³-hybridized carbons (Fsp3) is 0.391. The topological polar surface area (TPSA) is 58.6 Å². The summed E-state index contributed by atoms with van der Waals surface area (Å²) in [5.74, 6) is 0.543. The van der Waals surface area contributed by atoms with E-state index in [4.69, 9.17) is 4.74 Å². The lowest BCUT2D eigenvalue weighted by Gasteiger charge is -2.29. The summed E-state index contributed by atoms with van der Waals surface area (Å²) in [6, 6.07) is 14.9. The van der Waals surface area contributed by atoms with Crippen LogP contribution in [0.1, 0.15) is 37.0 Å². The quantitative estimate of drug-likeness (QED) is 0.722. The third-order valence-corrected chi connectivity index (χ3v) is 4.70. The number of hydrogen-bond donors (Lipinski definition) is 1. The molecule has 150 valence electrons. The minimum Gasteiger partial charge on any atom is -0.497 e. The normalized spacial score (nSPS) is 11.6. The van der Waals surface area contributed by atoms with Crippen molar-refractivity contribution < 1.29 is 14.3 Å². The van der Waals surface area contributed by atoms with Gasteiger partial charge in [0.25, 0.3) is 0 Å². The molecule has 2 aromatic rings. The third-order valence-electron chi connectivity index (χ3n) is 4.70. The highest BCUT2D eigenvalue weighted by molar-refractivity contribution is 5.88. The predicted molar refractivity (Wildman–Crippen MR) is 111 cm³/mol. The molecule has 0 bridgehead atoms. The highest BCUT2D eigenvalue weighted by Gasteiger charge is 2.26. The lowest BCUT2D eigenvalue weighted by Crippen LogP contribution is -2.48. The fourth-order valence-corrected chi connectivity index (χ4v) is 2.89. The summed E-state index contributed by atoms with van der Waals surface area (Å²) in [7, 11) is 1.61. The fourth-order valence-electron chi connectivity index (χ4n) is 2.89. The first-order valence-corrected chi connectivity index (χ1v) is 9.70. The largest absolute Gasteiger partial charge is 0.497 e. The van der Waals surface area contributed by atoms with Crippen LogP contribution in [0, 0.1) is 6.92 Å². The monoisotopic (exact) mass is 382 g/mol. The number of amides is 2. The molecule has 0 fully saturated rings. The van der Waals surface area contributed by atoms with Crippen molar-refractivity contribution in [3.05, 3.63) is 65.2 Å². The minimum absolute atomic E-state index is 0.0788. The molecule has 28 heavy (non-hydrogen) atoms. The molecule has 2 amide bonds. The van der Waals surface area contributed by atoms with E-state index in [1.807, 2.05) is 62.4 Å². The second kappa shape index (κ2) is 10.5. The number of hydrogen-bond acceptors (Lipinski definition) is 3. The first kappa shape index (κ1) is 21.5. The van der Waals surface area contributed by atoms with Gasteiger partial charge in [0.15, 0.2) is 0 Å². The molecule has 1 N–H and O–H groups in total. The SMILES string of the molecule is CCCNC(=O)[C@H](C)N(Cc1ccc(C)cc1)C(=O)Cc1ccc(OC)cc1. The van der Waals surface area contributed by atoms with Crippen molar-refractivity contribution in [1.82, 2.24) is 10.2 Å². The van der Waals surface area contributed by atoms with Crippen LogP contribution < -0.4 is 10.1 Å². The second-order valence-corrected chi connectivity index (χ2v) is 7.00. The molecule has 0 aromatic heterocycles. The van der Waals surface area contributed by atoms with Crippen molar-refractivity contribution >= 4 is 11.8 Å². The second-order valence-electron chi connectivity index (χ2n) is 7.00. The lowest BCUT2D eigenvalue weighted by atomic mass is 10.1. The smallest absolute Gasteiger partial charge is 0.242 e. The molecule has 0 heterocycles. The minimum atomic E-state index is -0.543. The van der Waals surface area contributed by atoms with Crippen LogP contribution in [0.4, 0.5) is 0 Å². The average molecular weight is 383 g/mol. The van der Waals surface area contributed by atoms with Gasteiger partial charge < -0.3 is 15.0 Å². The average Bonchev–Trinajstić information content (AvgIpc) is 2.71. The van der Waals surface area contributed by atoms with E-state index in [-0.39, 0.29) is 18.2 Å². The summed E-state index contributed by atoms with van der Waals surface area (Å²) < 4.78 is 5.17. The van der Waals surface area contributed by atoms with Crippen LogP contribution in [0.3, 0.4) is 0 Å². The van der Waals surface area contributed by atoms with Crippen molar-refractivity contribution in [2.24, 2.45) is 0 Å². The first-order chi connectivity index (χ1) is 13.4. The number of rotatable bonds is 9. The molecular formula is C23H30N2O3. The zero-order chi connectivity index (χ0) is 20.5. The number of carbonyl (C=O) groups is 2. The molecule has 0 aliphatic rings. The molecule has 0 aliphatic carbocycles. The Hall–Kier alpha value is -2.82. The Morgan fingerprint density at radius 2 is 1.64 bits per heavy atom. The summed E-state index contributed by atoms with van der Waals surface area (Å²) in [4.78, 5) is 27.2. The molecule has 0 saturated carbocycles. The maximum absolute atomic E-state index is 13.1. The van der Waals surface area contributed by atoms with Gasteiger partial charge in [0.2, 0.25) is 11.8 Å². The van der Waals surface area contributed by atoms with Gasteiger partial charge in [-0.3, -0.25) is 9.59 Å². The van der Waals surface area contributed by atoms with Crippen LogP contribution in [-0.4, -0.2) is 36.4 Å². The molecular weight excluding hydrogens is 352 g/mol. The maximum atomic E-state index is 13.1. The molecule has 0 saturated heterocycles. The van der Waals surface area contributed by atoms with E-state index in [1.165, 1.54) is 0 Å². The molecule has 0 aliphatic heterocycles. The Balaban J connectivity index is 2.18. The van der Waals surface area contributed by atoms with E-state index in [1.54, 1.807) is 18.9 Å². The number of aryl methyl sites for hydroxylation is 1. The van der Waals surface area contributed by atoms with E-state index in [9.17, 15) is 9.59 Å². The van der Waals surface area contributed by atoms with Gasteiger partial charge >= 0.3 is 0 Å². The summed E-state index contributed by atoms with van der Waals surface area (Å²) in [6.45, 7) is 6.82. The molecule has 0 unspecified atom stereocenters. The Bertz CT molecular complexity index is 769. The zero-order valence-corrected chi connectivity index (χ0v) is 17.2. The van der Waals surface area contributed by atoms with Crippen molar-refractivity contribution in [2.75, 3.05) is 13.7 Å². The van der Waals surface area contributed by atoms with Gasteiger partial charge in [-0.2, -0.15) is 0 Å². The van der Waals surface area contributed by atoms with Gasteiger partial charge in [-0.1, -0.05) is 48.9 Å². The Labute approximate surface area is 167 Å². The van der Waals surface area contributed by atoms with E-state index in [0.29, 0.717) is 13.1 Å².